The van der Waals surface area contributed by atoms with Gasteiger partial charge in [-0.25, -0.2) is 13.2 Å². The Labute approximate surface area is 118 Å². The highest BCUT2D eigenvalue weighted by molar-refractivity contribution is 7.90. The summed E-state index contributed by atoms with van der Waals surface area (Å²) in [4.78, 5) is 13.9. The molecule has 1 atom stereocenters. The van der Waals surface area contributed by atoms with Gasteiger partial charge in [0, 0.05) is 22.1 Å². The van der Waals surface area contributed by atoms with E-state index in [1.807, 2.05) is 19.1 Å². The van der Waals surface area contributed by atoms with Crippen molar-refractivity contribution in [2.24, 2.45) is 0 Å². The first-order valence-corrected chi connectivity index (χ1v) is 8.91. The molecule has 2 amide bonds. The quantitative estimate of drug-likeness (QED) is 0.839. The zero-order valence-electron chi connectivity index (χ0n) is 11.4. The number of hydrogen-bond donors (Lipinski definition) is 2. The number of aryl methyl sites for hydroxylation is 1. The first kappa shape index (κ1) is 16.0. The molecule has 0 saturated heterocycles. The highest BCUT2D eigenvalue weighted by Crippen LogP contribution is 2.14. The summed E-state index contributed by atoms with van der Waals surface area (Å²) in [7, 11) is -2.98. The molecule has 0 fully saturated rings. The second kappa shape index (κ2) is 6.91. The molecule has 0 aliphatic heterocycles. The second-order valence-corrected chi connectivity index (χ2v) is 8.29. The van der Waals surface area contributed by atoms with Gasteiger partial charge < -0.3 is 10.6 Å². The van der Waals surface area contributed by atoms with E-state index in [0.29, 0.717) is 13.0 Å². The molecule has 0 radical (unpaired) electrons. The third-order valence-corrected chi connectivity index (χ3v) is 4.50. The Balaban J connectivity index is 2.27. The molecule has 0 aliphatic rings. The number of carbonyl (C=O) groups is 1. The normalized spacial score (nSPS) is 13.0. The zero-order chi connectivity index (χ0) is 14.5. The van der Waals surface area contributed by atoms with Crippen molar-refractivity contribution in [3.05, 3.63) is 21.9 Å². The van der Waals surface area contributed by atoms with Gasteiger partial charge in [0.15, 0.2) is 0 Å². The Morgan fingerprint density at radius 3 is 2.63 bits per heavy atom. The van der Waals surface area contributed by atoms with Crippen LogP contribution in [-0.4, -0.2) is 32.5 Å². The van der Waals surface area contributed by atoms with E-state index in [4.69, 9.17) is 0 Å². The number of sulfone groups is 1. The number of hydrogen-bond acceptors (Lipinski definition) is 4. The van der Waals surface area contributed by atoms with Gasteiger partial charge in [-0.15, -0.1) is 11.3 Å². The number of nitrogens with one attached hydrogen (secondary N) is 2. The lowest BCUT2D eigenvalue weighted by molar-refractivity contribution is 0.237. The maximum atomic E-state index is 11.6. The molecule has 1 aromatic rings. The minimum absolute atomic E-state index is 0.0819. The molecule has 7 heteroatoms. The van der Waals surface area contributed by atoms with Crippen LogP contribution in [-0.2, 0) is 16.4 Å². The molecule has 0 aliphatic carbocycles. The van der Waals surface area contributed by atoms with Crippen molar-refractivity contribution in [1.82, 2.24) is 10.6 Å². The summed E-state index contributed by atoms with van der Waals surface area (Å²) >= 11 is 1.64. The van der Waals surface area contributed by atoms with Crippen molar-refractivity contribution in [3.63, 3.8) is 0 Å². The molecule has 2 N–H and O–H groups in total. The van der Waals surface area contributed by atoms with Crippen molar-refractivity contribution in [2.45, 2.75) is 32.9 Å². The molecule has 1 aromatic heterocycles. The van der Waals surface area contributed by atoms with Crippen molar-refractivity contribution < 1.29 is 13.2 Å². The van der Waals surface area contributed by atoms with Gasteiger partial charge in [-0.05, 0) is 32.4 Å². The maximum Gasteiger partial charge on any atom is 0.315 e. The van der Waals surface area contributed by atoms with Crippen LogP contribution in [0, 0.1) is 6.92 Å². The van der Waals surface area contributed by atoms with Gasteiger partial charge in [-0.2, -0.15) is 0 Å². The minimum atomic E-state index is -2.98. The van der Waals surface area contributed by atoms with Gasteiger partial charge in [0.05, 0.1) is 12.3 Å². The molecule has 1 rings (SSSR count). The first-order chi connectivity index (χ1) is 8.76. The zero-order valence-corrected chi connectivity index (χ0v) is 13.0. The molecule has 19 heavy (non-hydrogen) atoms. The molecule has 0 spiro atoms. The summed E-state index contributed by atoms with van der Waals surface area (Å²) in [5.41, 5.74) is 0. The lowest BCUT2D eigenvalue weighted by Gasteiger charge is -2.13. The van der Waals surface area contributed by atoms with Crippen molar-refractivity contribution in [3.8, 4) is 0 Å². The maximum absolute atomic E-state index is 11.6. The van der Waals surface area contributed by atoms with Gasteiger partial charge in [-0.3, -0.25) is 0 Å². The lowest BCUT2D eigenvalue weighted by Crippen LogP contribution is -2.41. The van der Waals surface area contributed by atoms with E-state index in [1.54, 1.807) is 18.3 Å². The molecule has 0 bridgehead atoms. The topological polar surface area (TPSA) is 75.3 Å². The average Bonchev–Trinajstić information content (AvgIpc) is 2.69. The highest BCUT2D eigenvalue weighted by Gasteiger charge is 2.10. The minimum Gasteiger partial charge on any atom is -0.336 e. The van der Waals surface area contributed by atoms with E-state index in [9.17, 15) is 13.2 Å². The monoisotopic (exact) mass is 304 g/mol. The summed E-state index contributed by atoms with van der Waals surface area (Å²) in [6.07, 6.45) is 1.61. The molecule has 0 unspecified atom stereocenters. The Kier molecular flexibility index (Phi) is 5.81. The fourth-order valence-corrected chi connectivity index (χ4v) is 3.10. The van der Waals surface area contributed by atoms with Crippen LogP contribution in [0.3, 0.4) is 0 Å². The summed E-state index contributed by atoms with van der Waals surface area (Å²) in [6.45, 7) is 4.30. The SMILES string of the molecule is Cc1ccc(CNC(=O)N[C@@H](C)CCS(C)(=O)=O)s1. The van der Waals surface area contributed by atoms with Crippen LogP contribution < -0.4 is 10.6 Å². The average molecular weight is 304 g/mol. The number of carbonyl (C=O) groups excluding carboxylic acids is 1. The van der Waals surface area contributed by atoms with Gasteiger partial charge in [0.1, 0.15) is 9.84 Å². The summed E-state index contributed by atoms with van der Waals surface area (Å²) in [5.74, 6) is 0.0819. The van der Waals surface area contributed by atoms with Crippen LogP contribution in [0.5, 0.6) is 0 Å². The molecular weight excluding hydrogens is 284 g/mol. The predicted molar refractivity (Wildman–Crippen MR) is 78.2 cm³/mol. The molecule has 0 saturated carbocycles. The Morgan fingerprint density at radius 2 is 2.11 bits per heavy atom. The third kappa shape index (κ3) is 7.17. The van der Waals surface area contributed by atoms with E-state index in [2.05, 4.69) is 10.6 Å². The Bertz CT molecular complexity index is 523. The second-order valence-electron chi connectivity index (χ2n) is 4.66. The van der Waals surface area contributed by atoms with Crippen molar-refractivity contribution >= 4 is 27.2 Å². The van der Waals surface area contributed by atoms with E-state index in [0.717, 1.165) is 4.88 Å². The van der Waals surface area contributed by atoms with Gasteiger partial charge in [-0.1, -0.05) is 0 Å². The van der Waals surface area contributed by atoms with E-state index < -0.39 is 9.84 Å². The predicted octanol–water partition coefficient (Wildman–Crippen LogP) is 1.68. The largest absolute Gasteiger partial charge is 0.336 e. The first-order valence-electron chi connectivity index (χ1n) is 6.03. The van der Waals surface area contributed by atoms with Gasteiger partial charge in [0.25, 0.3) is 0 Å². The summed E-state index contributed by atoms with van der Waals surface area (Å²) < 4.78 is 22.0. The van der Waals surface area contributed by atoms with Crippen molar-refractivity contribution in [2.75, 3.05) is 12.0 Å². The smallest absolute Gasteiger partial charge is 0.315 e. The number of amides is 2. The van der Waals surface area contributed by atoms with Crippen LogP contribution in [0.1, 0.15) is 23.1 Å². The van der Waals surface area contributed by atoms with Crippen LogP contribution in [0.15, 0.2) is 12.1 Å². The number of urea groups is 1. The summed E-state index contributed by atoms with van der Waals surface area (Å²) in [5, 5.41) is 5.47. The number of thiophene rings is 1. The number of rotatable bonds is 6. The van der Waals surface area contributed by atoms with Crippen molar-refractivity contribution in [1.29, 1.82) is 0 Å². The van der Waals surface area contributed by atoms with Crippen LogP contribution in [0.25, 0.3) is 0 Å². The lowest BCUT2D eigenvalue weighted by atomic mass is 10.3. The van der Waals surface area contributed by atoms with Crippen LogP contribution in [0.4, 0.5) is 4.79 Å². The van der Waals surface area contributed by atoms with E-state index in [-0.39, 0.29) is 17.8 Å². The highest BCUT2D eigenvalue weighted by atomic mass is 32.2. The van der Waals surface area contributed by atoms with Gasteiger partial charge in [0.2, 0.25) is 0 Å². The Hall–Kier alpha value is -1.08. The van der Waals surface area contributed by atoms with Gasteiger partial charge >= 0.3 is 6.03 Å². The molecule has 1 heterocycles. The molecule has 0 aromatic carbocycles. The fourth-order valence-electron chi connectivity index (χ4n) is 1.49. The van der Waals surface area contributed by atoms with Crippen LogP contribution >= 0.6 is 11.3 Å². The summed E-state index contributed by atoms with van der Waals surface area (Å²) in [6, 6.07) is 3.55. The van der Waals surface area contributed by atoms with Crippen LogP contribution in [0.2, 0.25) is 0 Å². The van der Waals surface area contributed by atoms with E-state index in [1.165, 1.54) is 11.1 Å². The van der Waals surface area contributed by atoms with E-state index >= 15 is 0 Å². The fraction of sp³-hybridized carbons (Fsp3) is 0.583. The Morgan fingerprint density at radius 1 is 1.42 bits per heavy atom. The standard InChI is InChI=1S/C12H20N2O3S2/c1-9(6-7-19(3,16)17)14-12(15)13-8-11-5-4-10(2)18-11/h4-5,9H,6-8H2,1-3H3,(H2,13,14,15)/t9-/m0/s1. The third-order valence-electron chi connectivity index (χ3n) is 2.52. The molecule has 5 nitrogen and oxygen atoms in total. The molecular formula is C12H20N2O3S2. The molecule has 108 valence electrons.